The minimum Gasteiger partial charge on any atom is -0.390 e. The van der Waals surface area contributed by atoms with Crippen LogP contribution in [0.25, 0.3) is 0 Å². The molecular formula is C11H20N2O. The van der Waals surface area contributed by atoms with Gasteiger partial charge in [0, 0.05) is 18.7 Å². The minimum atomic E-state index is 0.0548. The summed E-state index contributed by atoms with van der Waals surface area (Å²) in [6.07, 6.45) is 3.21. The van der Waals surface area contributed by atoms with Crippen molar-refractivity contribution in [2.75, 3.05) is 0 Å². The first-order chi connectivity index (χ1) is 6.74. The molecule has 1 aromatic heterocycles. The van der Waals surface area contributed by atoms with Crippen molar-refractivity contribution in [1.29, 1.82) is 0 Å². The SMILES string of the molecule is CCCc1nc(CO)c(C)n1CCC. The average Bonchev–Trinajstić information content (AvgIpc) is 2.47. The number of rotatable bonds is 5. The molecule has 0 aromatic carbocycles. The van der Waals surface area contributed by atoms with E-state index in [1.165, 1.54) is 0 Å². The van der Waals surface area contributed by atoms with Gasteiger partial charge in [-0.1, -0.05) is 13.8 Å². The fourth-order valence-corrected chi connectivity index (χ4v) is 1.73. The fraction of sp³-hybridized carbons (Fsp3) is 0.727. The Labute approximate surface area is 85.8 Å². The molecule has 0 fully saturated rings. The number of aliphatic hydroxyl groups is 1. The number of aromatic nitrogens is 2. The van der Waals surface area contributed by atoms with Crippen molar-refractivity contribution < 1.29 is 5.11 Å². The molecule has 0 bridgehead atoms. The number of aliphatic hydroxyl groups excluding tert-OH is 1. The molecule has 1 aromatic rings. The first-order valence-corrected chi connectivity index (χ1v) is 5.40. The van der Waals surface area contributed by atoms with Crippen molar-refractivity contribution in [3.63, 3.8) is 0 Å². The third-order valence-electron chi connectivity index (χ3n) is 2.47. The maximum atomic E-state index is 9.12. The highest BCUT2D eigenvalue weighted by Crippen LogP contribution is 2.13. The van der Waals surface area contributed by atoms with Crippen molar-refractivity contribution in [2.24, 2.45) is 0 Å². The Kier molecular flexibility index (Phi) is 4.14. The molecule has 0 aliphatic heterocycles. The molecule has 1 heterocycles. The molecule has 14 heavy (non-hydrogen) atoms. The molecule has 0 saturated carbocycles. The maximum Gasteiger partial charge on any atom is 0.109 e. The van der Waals surface area contributed by atoms with E-state index in [4.69, 9.17) is 5.11 Å². The van der Waals surface area contributed by atoms with Crippen molar-refractivity contribution in [1.82, 2.24) is 9.55 Å². The summed E-state index contributed by atoms with van der Waals surface area (Å²) in [5, 5.41) is 9.12. The number of hydrogen-bond donors (Lipinski definition) is 1. The van der Waals surface area contributed by atoms with E-state index in [1.54, 1.807) is 0 Å². The van der Waals surface area contributed by atoms with Gasteiger partial charge in [0.2, 0.25) is 0 Å². The van der Waals surface area contributed by atoms with Gasteiger partial charge in [0.1, 0.15) is 5.82 Å². The quantitative estimate of drug-likeness (QED) is 0.782. The topological polar surface area (TPSA) is 38.1 Å². The molecule has 80 valence electrons. The Bertz CT molecular complexity index is 292. The molecule has 0 atom stereocenters. The number of nitrogens with zero attached hydrogens (tertiary/aromatic N) is 2. The largest absolute Gasteiger partial charge is 0.390 e. The Morgan fingerprint density at radius 1 is 1.29 bits per heavy atom. The third kappa shape index (κ3) is 2.15. The van der Waals surface area contributed by atoms with Crippen LogP contribution in [0.5, 0.6) is 0 Å². The van der Waals surface area contributed by atoms with Crippen molar-refractivity contribution in [3.05, 3.63) is 17.2 Å². The Balaban J connectivity index is 3.00. The van der Waals surface area contributed by atoms with Gasteiger partial charge in [-0.25, -0.2) is 4.98 Å². The molecular weight excluding hydrogens is 176 g/mol. The number of imidazole rings is 1. The first kappa shape index (κ1) is 11.2. The number of hydrogen-bond acceptors (Lipinski definition) is 2. The molecule has 3 nitrogen and oxygen atoms in total. The summed E-state index contributed by atoms with van der Waals surface area (Å²) >= 11 is 0. The third-order valence-corrected chi connectivity index (χ3v) is 2.47. The molecule has 0 aliphatic carbocycles. The standard InChI is InChI=1S/C11H20N2O/c1-4-6-11-12-10(8-14)9(3)13(11)7-5-2/h14H,4-8H2,1-3H3. The van der Waals surface area contributed by atoms with E-state index in [2.05, 4.69) is 23.4 Å². The van der Waals surface area contributed by atoms with Crippen molar-refractivity contribution in [2.45, 2.75) is 53.2 Å². The van der Waals surface area contributed by atoms with Gasteiger partial charge >= 0.3 is 0 Å². The van der Waals surface area contributed by atoms with Crippen LogP contribution >= 0.6 is 0 Å². The molecule has 0 aliphatic rings. The molecule has 0 amide bonds. The lowest BCUT2D eigenvalue weighted by molar-refractivity contribution is 0.276. The van der Waals surface area contributed by atoms with Gasteiger partial charge in [-0.3, -0.25) is 0 Å². The van der Waals surface area contributed by atoms with Crippen LogP contribution in [0, 0.1) is 6.92 Å². The average molecular weight is 196 g/mol. The van der Waals surface area contributed by atoms with Gasteiger partial charge in [0.15, 0.2) is 0 Å². The Morgan fingerprint density at radius 3 is 2.50 bits per heavy atom. The van der Waals surface area contributed by atoms with Crippen LogP contribution < -0.4 is 0 Å². The van der Waals surface area contributed by atoms with Crippen LogP contribution in [0.3, 0.4) is 0 Å². The highest BCUT2D eigenvalue weighted by Gasteiger charge is 2.11. The molecule has 0 radical (unpaired) electrons. The maximum absolute atomic E-state index is 9.12. The van der Waals surface area contributed by atoms with Crippen LogP contribution in [-0.4, -0.2) is 14.7 Å². The molecule has 0 spiro atoms. The van der Waals surface area contributed by atoms with Gasteiger partial charge < -0.3 is 9.67 Å². The second kappa shape index (κ2) is 5.15. The normalized spacial score (nSPS) is 10.9. The van der Waals surface area contributed by atoms with Crippen LogP contribution in [0.15, 0.2) is 0 Å². The van der Waals surface area contributed by atoms with Gasteiger partial charge in [0.05, 0.1) is 12.3 Å². The van der Waals surface area contributed by atoms with E-state index in [1.807, 2.05) is 6.92 Å². The number of aryl methyl sites for hydroxylation is 1. The van der Waals surface area contributed by atoms with E-state index in [0.29, 0.717) is 0 Å². The second-order valence-corrected chi connectivity index (χ2v) is 3.62. The van der Waals surface area contributed by atoms with Crippen molar-refractivity contribution in [3.8, 4) is 0 Å². The lowest BCUT2D eigenvalue weighted by Crippen LogP contribution is -2.05. The van der Waals surface area contributed by atoms with Gasteiger partial charge in [-0.15, -0.1) is 0 Å². The molecule has 3 heteroatoms. The Hall–Kier alpha value is -0.830. The van der Waals surface area contributed by atoms with E-state index in [9.17, 15) is 0 Å². The summed E-state index contributed by atoms with van der Waals surface area (Å²) in [5.74, 6) is 1.12. The van der Waals surface area contributed by atoms with Crippen molar-refractivity contribution >= 4 is 0 Å². The van der Waals surface area contributed by atoms with Crippen LogP contribution in [0.2, 0.25) is 0 Å². The van der Waals surface area contributed by atoms with Gasteiger partial charge in [-0.05, 0) is 19.8 Å². The van der Waals surface area contributed by atoms with E-state index in [0.717, 1.165) is 43.0 Å². The van der Waals surface area contributed by atoms with Crippen LogP contribution in [0.4, 0.5) is 0 Å². The summed E-state index contributed by atoms with van der Waals surface area (Å²) in [6, 6.07) is 0. The lowest BCUT2D eigenvalue weighted by atomic mass is 10.3. The summed E-state index contributed by atoms with van der Waals surface area (Å²) in [5.41, 5.74) is 1.96. The van der Waals surface area contributed by atoms with E-state index in [-0.39, 0.29) is 6.61 Å². The first-order valence-electron chi connectivity index (χ1n) is 5.40. The second-order valence-electron chi connectivity index (χ2n) is 3.62. The summed E-state index contributed by atoms with van der Waals surface area (Å²) < 4.78 is 2.23. The molecule has 0 saturated heterocycles. The molecule has 1 N–H and O–H groups in total. The van der Waals surface area contributed by atoms with E-state index < -0.39 is 0 Å². The predicted octanol–water partition coefficient (Wildman–Crippen LogP) is 2.05. The summed E-state index contributed by atoms with van der Waals surface area (Å²) in [4.78, 5) is 4.45. The highest BCUT2D eigenvalue weighted by molar-refractivity contribution is 5.15. The molecule has 1 rings (SSSR count). The highest BCUT2D eigenvalue weighted by atomic mass is 16.3. The van der Waals surface area contributed by atoms with Gasteiger partial charge in [-0.2, -0.15) is 0 Å². The molecule has 0 unspecified atom stereocenters. The zero-order chi connectivity index (χ0) is 10.6. The van der Waals surface area contributed by atoms with E-state index >= 15 is 0 Å². The lowest BCUT2D eigenvalue weighted by Gasteiger charge is -2.07. The monoisotopic (exact) mass is 196 g/mol. The van der Waals surface area contributed by atoms with Crippen LogP contribution in [-0.2, 0) is 19.6 Å². The summed E-state index contributed by atoms with van der Waals surface area (Å²) in [6.45, 7) is 7.41. The smallest absolute Gasteiger partial charge is 0.109 e. The summed E-state index contributed by atoms with van der Waals surface area (Å²) in [7, 11) is 0. The zero-order valence-electron chi connectivity index (χ0n) is 9.38. The van der Waals surface area contributed by atoms with Crippen LogP contribution in [0.1, 0.15) is 43.9 Å². The fourth-order valence-electron chi connectivity index (χ4n) is 1.73. The Morgan fingerprint density at radius 2 is 2.00 bits per heavy atom. The predicted molar refractivity (Wildman–Crippen MR) is 57.2 cm³/mol. The minimum absolute atomic E-state index is 0.0548. The zero-order valence-corrected chi connectivity index (χ0v) is 9.38. The van der Waals surface area contributed by atoms with Gasteiger partial charge in [0.25, 0.3) is 0 Å².